The molecule has 0 aliphatic rings. The van der Waals surface area contributed by atoms with E-state index in [-0.39, 0.29) is 0 Å². The molecule has 1 heterocycles. The van der Waals surface area contributed by atoms with Gasteiger partial charge in [-0.15, -0.1) is 11.3 Å². The van der Waals surface area contributed by atoms with Crippen LogP contribution in [0.25, 0.3) is 0 Å². The van der Waals surface area contributed by atoms with Crippen molar-refractivity contribution in [3.8, 4) is 17.2 Å². The highest BCUT2D eigenvalue weighted by molar-refractivity contribution is 7.09. The maximum Gasteiger partial charge on any atom is 0.203 e. The van der Waals surface area contributed by atoms with Gasteiger partial charge in [-0.1, -0.05) is 0 Å². The SMILES string of the molecule is COc1cc(NCCc2scnc2C)cc(OC)c1OC. The molecular weight excluding hydrogens is 288 g/mol. The fraction of sp³-hybridized carbons (Fsp3) is 0.400. The number of nitrogens with zero attached hydrogens (tertiary/aromatic N) is 1. The first-order valence-corrected chi connectivity index (χ1v) is 7.50. The number of aromatic nitrogens is 1. The van der Waals surface area contributed by atoms with Crippen LogP contribution in [-0.2, 0) is 6.42 Å². The van der Waals surface area contributed by atoms with Crippen molar-refractivity contribution in [2.75, 3.05) is 33.2 Å². The minimum atomic E-state index is 0.601. The summed E-state index contributed by atoms with van der Waals surface area (Å²) in [6.07, 6.45) is 0.938. The van der Waals surface area contributed by atoms with Gasteiger partial charge in [0.05, 0.1) is 32.5 Å². The number of rotatable bonds is 7. The van der Waals surface area contributed by atoms with Crippen LogP contribution < -0.4 is 19.5 Å². The van der Waals surface area contributed by atoms with Gasteiger partial charge in [-0.25, -0.2) is 4.98 Å². The molecule has 0 bridgehead atoms. The highest BCUT2D eigenvalue weighted by Gasteiger charge is 2.13. The lowest BCUT2D eigenvalue weighted by Crippen LogP contribution is -2.05. The van der Waals surface area contributed by atoms with E-state index in [1.165, 1.54) is 4.88 Å². The lowest BCUT2D eigenvalue weighted by Gasteiger charge is -2.15. The second-order valence-corrected chi connectivity index (χ2v) is 5.39. The minimum Gasteiger partial charge on any atom is -0.493 e. The molecule has 0 radical (unpaired) electrons. The van der Waals surface area contributed by atoms with Gasteiger partial charge in [-0.05, 0) is 6.92 Å². The molecule has 2 rings (SSSR count). The van der Waals surface area contributed by atoms with E-state index in [0.29, 0.717) is 17.2 Å². The predicted octanol–water partition coefficient (Wildman–Crippen LogP) is 3.13. The molecule has 1 aromatic heterocycles. The maximum atomic E-state index is 5.34. The van der Waals surface area contributed by atoms with Crippen LogP contribution in [0.5, 0.6) is 17.2 Å². The number of nitrogens with one attached hydrogen (secondary N) is 1. The smallest absolute Gasteiger partial charge is 0.203 e. The van der Waals surface area contributed by atoms with Crippen molar-refractivity contribution in [3.05, 3.63) is 28.2 Å². The Kier molecular flexibility index (Phi) is 5.27. The molecule has 114 valence electrons. The van der Waals surface area contributed by atoms with Crippen LogP contribution in [-0.4, -0.2) is 32.9 Å². The third kappa shape index (κ3) is 3.58. The molecule has 0 saturated carbocycles. The molecule has 0 fully saturated rings. The standard InChI is InChI=1S/C15H20N2O3S/c1-10-14(21-9-17-10)5-6-16-11-7-12(18-2)15(20-4)13(8-11)19-3/h7-9,16H,5-6H2,1-4H3. The van der Waals surface area contributed by atoms with Crippen LogP contribution in [0, 0.1) is 6.92 Å². The van der Waals surface area contributed by atoms with Gasteiger partial charge in [-0.2, -0.15) is 0 Å². The largest absolute Gasteiger partial charge is 0.493 e. The summed E-state index contributed by atoms with van der Waals surface area (Å²) in [6.45, 7) is 2.85. The molecule has 0 unspecified atom stereocenters. The molecule has 5 nitrogen and oxygen atoms in total. The van der Waals surface area contributed by atoms with Crippen molar-refractivity contribution in [1.82, 2.24) is 4.98 Å². The Morgan fingerprint density at radius 2 is 1.76 bits per heavy atom. The second-order valence-electron chi connectivity index (χ2n) is 4.45. The Hall–Kier alpha value is -1.95. The predicted molar refractivity (Wildman–Crippen MR) is 85.1 cm³/mol. The van der Waals surface area contributed by atoms with Gasteiger partial charge in [0.1, 0.15) is 0 Å². The first-order chi connectivity index (χ1) is 10.2. The van der Waals surface area contributed by atoms with E-state index in [1.54, 1.807) is 32.7 Å². The van der Waals surface area contributed by atoms with E-state index in [9.17, 15) is 0 Å². The van der Waals surface area contributed by atoms with Crippen molar-refractivity contribution in [1.29, 1.82) is 0 Å². The highest BCUT2D eigenvalue weighted by atomic mass is 32.1. The number of methoxy groups -OCH3 is 3. The summed E-state index contributed by atoms with van der Waals surface area (Å²) in [5, 5.41) is 3.37. The fourth-order valence-electron chi connectivity index (χ4n) is 2.07. The van der Waals surface area contributed by atoms with E-state index in [1.807, 2.05) is 24.6 Å². The molecular formula is C15H20N2O3S. The normalized spacial score (nSPS) is 10.3. The number of aryl methyl sites for hydroxylation is 1. The maximum absolute atomic E-state index is 5.34. The van der Waals surface area contributed by atoms with Gasteiger partial charge < -0.3 is 19.5 Å². The summed E-state index contributed by atoms with van der Waals surface area (Å²) in [6, 6.07) is 3.81. The van der Waals surface area contributed by atoms with Crippen LogP contribution in [0.3, 0.4) is 0 Å². The van der Waals surface area contributed by atoms with Gasteiger partial charge >= 0.3 is 0 Å². The van der Waals surface area contributed by atoms with Crippen LogP contribution in [0.4, 0.5) is 5.69 Å². The molecule has 0 amide bonds. The zero-order chi connectivity index (χ0) is 15.2. The zero-order valence-electron chi connectivity index (χ0n) is 12.7. The number of anilines is 1. The molecule has 0 atom stereocenters. The van der Waals surface area contributed by atoms with Gasteiger partial charge in [-0.3, -0.25) is 0 Å². The Labute approximate surface area is 128 Å². The summed E-state index contributed by atoms with van der Waals surface area (Å²) >= 11 is 1.69. The average Bonchev–Trinajstić information content (AvgIpc) is 2.91. The topological polar surface area (TPSA) is 52.6 Å². The Balaban J connectivity index is 2.08. The van der Waals surface area contributed by atoms with E-state index in [0.717, 1.165) is 24.3 Å². The molecule has 0 aliphatic heterocycles. The summed E-state index contributed by atoms with van der Waals surface area (Å²) in [7, 11) is 4.82. The summed E-state index contributed by atoms with van der Waals surface area (Å²) < 4.78 is 16.0. The lowest BCUT2D eigenvalue weighted by atomic mass is 10.2. The third-order valence-corrected chi connectivity index (χ3v) is 4.19. The molecule has 0 aliphatic carbocycles. The second kappa shape index (κ2) is 7.17. The van der Waals surface area contributed by atoms with Gasteiger partial charge in [0.25, 0.3) is 0 Å². The number of hydrogen-bond acceptors (Lipinski definition) is 6. The van der Waals surface area contributed by atoms with E-state index >= 15 is 0 Å². The molecule has 1 aromatic carbocycles. The van der Waals surface area contributed by atoms with Crippen molar-refractivity contribution in [3.63, 3.8) is 0 Å². The average molecular weight is 308 g/mol. The van der Waals surface area contributed by atoms with Crippen molar-refractivity contribution >= 4 is 17.0 Å². The molecule has 1 N–H and O–H groups in total. The van der Waals surface area contributed by atoms with E-state index in [2.05, 4.69) is 10.3 Å². The Bertz CT molecular complexity index is 573. The van der Waals surface area contributed by atoms with Crippen LogP contribution >= 0.6 is 11.3 Å². The third-order valence-electron chi connectivity index (χ3n) is 3.19. The van der Waals surface area contributed by atoms with Gasteiger partial charge in [0.15, 0.2) is 11.5 Å². The minimum absolute atomic E-state index is 0.601. The zero-order valence-corrected chi connectivity index (χ0v) is 13.5. The summed E-state index contributed by atoms with van der Waals surface area (Å²) in [4.78, 5) is 5.55. The molecule has 6 heteroatoms. The summed E-state index contributed by atoms with van der Waals surface area (Å²) in [5.74, 6) is 1.89. The Morgan fingerprint density at radius 1 is 1.10 bits per heavy atom. The molecule has 2 aromatic rings. The van der Waals surface area contributed by atoms with Crippen molar-refractivity contribution < 1.29 is 14.2 Å². The molecule has 0 spiro atoms. The van der Waals surface area contributed by atoms with Crippen LogP contribution in [0.2, 0.25) is 0 Å². The van der Waals surface area contributed by atoms with Crippen molar-refractivity contribution in [2.45, 2.75) is 13.3 Å². The number of benzene rings is 1. The molecule has 0 saturated heterocycles. The lowest BCUT2D eigenvalue weighted by molar-refractivity contribution is 0.324. The number of hydrogen-bond donors (Lipinski definition) is 1. The van der Waals surface area contributed by atoms with Crippen molar-refractivity contribution in [2.24, 2.45) is 0 Å². The number of thiazole rings is 1. The number of ether oxygens (including phenoxy) is 3. The van der Waals surface area contributed by atoms with Crippen LogP contribution in [0.1, 0.15) is 10.6 Å². The van der Waals surface area contributed by atoms with E-state index in [4.69, 9.17) is 14.2 Å². The van der Waals surface area contributed by atoms with Gasteiger partial charge in [0.2, 0.25) is 5.75 Å². The Morgan fingerprint density at radius 3 is 2.24 bits per heavy atom. The first-order valence-electron chi connectivity index (χ1n) is 6.62. The van der Waals surface area contributed by atoms with E-state index < -0.39 is 0 Å². The molecule has 21 heavy (non-hydrogen) atoms. The summed E-state index contributed by atoms with van der Waals surface area (Å²) in [5.41, 5.74) is 3.92. The first kappa shape index (κ1) is 15.4. The quantitative estimate of drug-likeness (QED) is 0.851. The van der Waals surface area contributed by atoms with Crippen LogP contribution in [0.15, 0.2) is 17.6 Å². The monoisotopic (exact) mass is 308 g/mol. The highest BCUT2D eigenvalue weighted by Crippen LogP contribution is 2.39. The van der Waals surface area contributed by atoms with Gasteiger partial charge in [0, 0.05) is 35.7 Å². The fourth-order valence-corrected chi connectivity index (χ4v) is 2.85.